The van der Waals surface area contributed by atoms with Gasteiger partial charge in [-0.1, -0.05) is 6.07 Å². The van der Waals surface area contributed by atoms with Gasteiger partial charge in [-0.25, -0.2) is 0 Å². The molecule has 7 nitrogen and oxygen atoms in total. The van der Waals surface area contributed by atoms with Crippen LogP contribution in [0.2, 0.25) is 0 Å². The minimum atomic E-state index is -0.395. The molecule has 1 aromatic carbocycles. The number of benzene rings is 1. The summed E-state index contributed by atoms with van der Waals surface area (Å²) >= 11 is 0. The maximum Gasteiger partial charge on any atom is 0.251 e. The number of anilines is 1. The minimum Gasteiger partial charge on any atom is -0.350 e. The SMILES string of the molecule is CC(C)NC(=O)c1ccc(NC(=O)C2CC(=O)N(Cc3cccnc3)C2)cc1. The van der Waals surface area contributed by atoms with Gasteiger partial charge in [0, 0.05) is 49.2 Å². The lowest BCUT2D eigenvalue weighted by atomic mass is 10.1. The number of rotatable bonds is 6. The molecule has 1 aliphatic rings. The van der Waals surface area contributed by atoms with Gasteiger partial charge in [0.05, 0.1) is 5.92 Å². The molecule has 2 aromatic rings. The van der Waals surface area contributed by atoms with E-state index < -0.39 is 5.92 Å². The fourth-order valence-electron chi connectivity index (χ4n) is 3.11. The van der Waals surface area contributed by atoms with Crippen molar-refractivity contribution in [2.24, 2.45) is 5.92 Å². The summed E-state index contributed by atoms with van der Waals surface area (Å²) in [6.45, 7) is 4.63. The fraction of sp³-hybridized carbons (Fsp3) is 0.333. The van der Waals surface area contributed by atoms with Crippen molar-refractivity contribution in [2.75, 3.05) is 11.9 Å². The molecule has 1 aliphatic heterocycles. The quantitative estimate of drug-likeness (QED) is 0.804. The first-order valence-electron chi connectivity index (χ1n) is 9.31. The van der Waals surface area contributed by atoms with E-state index in [4.69, 9.17) is 0 Å². The van der Waals surface area contributed by atoms with Crippen LogP contribution in [0.4, 0.5) is 5.69 Å². The van der Waals surface area contributed by atoms with Crippen LogP contribution >= 0.6 is 0 Å². The molecule has 1 atom stereocenters. The number of nitrogens with zero attached hydrogens (tertiary/aromatic N) is 2. The fourth-order valence-corrected chi connectivity index (χ4v) is 3.11. The van der Waals surface area contributed by atoms with E-state index in [0.717, 1.165) is 5.56 Å². The van der Waals surface area contributed by atoms with Crippen molar-refractivity contribution in [2.45, 2.75) is 32.9 Å². The zero-order chi connectivity index (χ0) is 20.1. The molecule has 1 unspecified atom stereocenters. The maximum atomic E-state index is 12.5. The molecule has 1 saturated heterocycles. The molecule has 2 N–H and O–H groups in total. The summed E-state index contributed by atoms with van der Waals surface area (Å²) in [4.78, 5) is 42.5. The Labute approximate surface area is 164 Å². The number of hydrogen-bond acceptors (Lipinski definition) is 4. The molecule has 1 fully saturated rings. The van der Waals surface area contributed by atoms with Crippen LogP contribution in [0.5, 0.6) is 0 Å². The highest BCUT2D eigenvalue weighted by molar-refractivity contribution is 5.98. The highest BCUT2D eigenvalue weighted by atomic mass is 16.2. The summed E-state index contributed by atoms with van der Waals surface area (Å²) in [5.41, 5.74) is 2.07. The van der Waals surface area contributed by atoms with Crippen molar-refractivity contribution in [1.29, 1.82) is 0 Å². The van der Waals surface area contributed by atoms with Gasteiger partial charge in [-0.05, 0) is 49.7 Å². The lowest BCUT2D eigenvalue weighted by Crippen LogP contribution is -2.30. The van der Waals surface area contributed by atoms with Gasteiger partial charge in [-0.3, -0.25) is 19.4 Å². The molecule has 0 aliphatic carbocycles. The lowest BCUT2D eigenvalue weighted by molar-refractivity contribution is -0.128. The Balaban J connectivity index is 1.56. The molecule has 1 aromatic heterocycles. The molecule has 0 radical (unpaired) electrons. The van der Waals surface area contributed by atoms with Gasteiger partial charge in [0.15, 0.2) is 0 Å². The first-order valence-corrected chi connectivity index (χ1v) is 9.31. The van der Waals surface area contributed by atoms with Crippen LogP contribution in [0.3, 0.4) is 0 Å². The standard InChI is InChI=1S/C21H24N4O3/c1-14(2)23-20(27)16-5-7-18(8-6-16)24-21(28)17-10-19(26)25(13-17)12-15-4-3-9-22-11-15/h3-9,11,14,17H,10,12-13H2,1-2H3,(H,23,27)(H,24,28). The first-order chi connectivity index (χ1) is 13.4. The maximum absolute atomic E-state index is 12.5. The van der Waals surface area contributed by atoms with E-state index in [-0.39, 0.29) is 30.2 Å². The summed E-state index contributed by atoms with van der Waals surface area (Å²) in [5, 5.41) is 5.65. The summed E-state index contributed by atoms with van der Waals surface area (Å²) in [6.07, 6.45) is 3.60. The Morgan fingerprint density at radius 1 is 1.21 bits per heavy atom. The van der Waals surface area contributed by atoms with Gasteiger partial charge < -0.3 is 15.5 Å². The van der Waals surface area contributed by atoms with Crippen molar-refractivity contribution in [3.63, 3.8) is 0 Å². The van der Waals surface area contributed by atoms with Gasteiger partial charge in [-0.2, -0.15) is 0 Å². The van der Waals surface area contributed by atoms with Crippen molar-refractivity contribution in [1.82, 2.24) is 15.2 Å². The smallest absolute Gasteiger partial charge is 0.251 e. The average molecular weight is 380 g/mol. The lowest BCUT2D eigenvalue weighted by Gasteiger charge is -2.16. The predicted octanol–water partition coefficient (Wildman–Crippen LogP) is 2.21. The zero-order valence-electron chi connectivity index (χ0n) is 16.0. The third kappa shape index (κ3) is 4.94. The van der Waals surface area contributed by atoms with Crippen molar-refractivity contribution < 1.29 is 14.4 Å². The van der Waals surface area contributed by atoms with Gasteiger partial charge in [0.25, 0.3) is 5.91 Å². The molecule has 2 heterocycles. The van der Waals surface area contributed by atoms with E-state index in [9.17, 15) is 14.4 Å². The van der Waals surface area contributed by atoms with Crippen LogP contribution in [0, 0.1) is 5.92 Å². The van der Waals surface area contributed by atoms with E-state index in [2.05, 4.69) is 15.6 Å². The molecule has 3 amide bonds. The van der Waals surface area contributed by atoms with Crippen LogP contribution in [0.25, 0.3) is 0 Å². The van der Waals surface area contributed by atoms with Crippen LogP contribution in [-0.2, 0) is 16.1 Å². The van der Waals surface area contributed by atoms with E-state index >= 15 is 0 Å². The third-order valence-electron chi connectivity index (χ3n) is 4.52. The van der Waals surface area contributed by atoms with E-state index in [1.54, 1.807) is 41.6 Å². The van der Waals surface area contributed by atoms with E-state index in [1.807, 2.05) is 26.0 Å². The topological polar surface area (TPSA) is 91.4 Å². The molecule has 146 valence electrons. The minimum absolute atomic E-state index is 0.0373. The van der Waals surface area contributed by atoms with Gasteiger partial charge in [0.2, 0.25) is 11.8 Å². The second-order valence-electron chi connectivity index (χ2n) is 7.23. The number of amides is 3. The van der Waals surface area contributed by atoms with Crippen LogP contribution in [-0.4, -0.2) is 40.2 Å². The van der Waals surface area contributed by atoms with Gasteiger partial charge in [-0.15, -0.1) is 0 Å². The number of likely N-dealkylation sites (tertiary alicyclic amines) is 1. The molecular weight excluding hydrogens is 356 g/mol. The normalized spacial score (nSPS) is 16.3. The van der Waals surface area contributed by atoms with Crippen LogP contribution in [0.15, 0.2) is 48.8 Å². The first kappa shape index (κ1) is 19.5. The second kappa shape index (κ2) is 8.65. The summed E-state index contributed by atoms with van der Waals surface area (Å²) < 4.78 is 0. The Kier molecular flexibility index (Phi) is 6.03. The molecule has 0 saturated carbocycles. The van der Waals surface area contributed by atoms with Gasteiger partial charge in [0.1, 0.15) is 0 Å². The van der Waals surface area contributed by atoms with Crippen LogP contribution in [0.1, 0.15) is 36.2 Å². The summed E-state index contributed by atoms with van der Waals surface area (Å²) in [6, 6.07) is 10.5. The number of nitrogens with one attached hydrogen (secondary N) is 2. The molecule has 3 rings (SSSR count). The number of hydrogen-bond donors (Lipinski definition) is 2. The molecule has 0 bridgehead atoms. The third-order valence-corrected chi connectivity index (χ3v) is 4.52. The Morgan fingerprint density at radius 3 is 2.61 bits per heavy atom. The highest BCUT2D eigenvalue weighted by Gasteiger charge is 2.34. The number of aromatic nitrogens is 1. The number of carbonyl (C=O) groups is 3. The second-order valence-corrected chi connectivity index (χ2v) is 7.23. The predicted molar refractivity (Wildman–Crippen MR) is 105 cm³/mol. The summed E-state index contributed by atoms with van der Waals surface area (Å²) in [7, 11) is 0. The van der Waals surface area contributed by atoms with Crippen molar-refractivity contribution >= 4 is 23.4 Å². The molecular formula is C21H24N4O3. The average Bonchev–Trinajstić information content (AvgIpc) is 3.03. The monoisotopic (exact) mass is 380 g/mol. The summed E-state index contributed by atoms with van der Waals surface area (Å²) in [5.74, 6) is -0.778. The largest absolute Gasteiger partial charge is 0.350 e. The van der Waals surface area contributed by atoms with Crippen molar-refractivity contribution in [3.8, 4) is 0 Å². The highest BCUT2D eigenvalue weighted by Crippen LogP contribution is 2.22. The zero-order valence-corrected chi connectivity index (χ0v) is 16.0. The van der Waals surface area contributed by atoms with Gasteiger partial charge >= 0.3 is 0 Å². The Bertz CT molecular complexity index is 850. The molecule has 28 heavy (non-hydrogen) atoms. The van der Waals surface area contributed by atoms with Crippen LogP contribution < -0.4 is 10.6 Å². The molecule has 0 spiro atoms. The van der Waals surface area contributed by atoms with E-state index in [1.165, 1.54) is 0 Å². The van der Waals surface area contributed by atoms with E-state index in [0.29, 0.717) is 24.3 Å². The molecule has 7 heteroatoms. The Morgan fingerprint density at radius 2 is 1.96 bits per heavy atom. The number of carbonyl (C=O) groups excluding carboxylic acids is 3. The number of pyridine rings is 1. The Hall–Kier alpha value is -3.22. The van der Waals surface area contributed by atoms with Crippen molar-refractivity contribution in [3.05, 3.63) is 59.9 Å².